The summed E-state index contributed by atoms with van der Waals surface area (Å²) in [6.07, 6.45) is 1.31. The third-order valence-electron chi connectivity index (χ3n) is 4.34. The van der Waals surface area contributed by atoms with E-state index in [1.807, 2.05) is 36.4 Å². The van der Waals surface area contributed by atoms with E-state index in [-0.39, 0.29) is 24.1 Å². The maximum Gasteiger partial charge on any atom is 0.333 e. The number of hydrogen-bond donors (Lipinski definition) is 0. The van der Waals surface area contributed by atoms with E-state index < -0.39 is 6.29 Å². The zero-order valence-corrected chi connectivity index (χ0v) is 15.2. The second kappa shape index (κ2) is 8.45. The SMILES string of the molecule is CCOC(=O)/C(C)=C/[C@H]1O[C@@H](c2ccccc2)O[C@@H](C(C)C)[C@@H]1C. The van der Waals surface area contributed by atoms with Crippen LogP contribution in [0, 0.1) is 11.8 Å². The summed E-state index contributed by atoms with van der Waals surface area (Å²) in [7, 11) is 0. The zero-order chi connectivity index (χ0) is 17.7. The Morgan fingerprint density at radius 1 is 1.25 bits per heavy atom. The van der Waals surface area contributed by atoms with E-state index in [2.05, 4.69) is 20.8 Å². The lowest BCUT2D eigenvalue weighted by molar-refractivity contribution is -0.268. The average molecular weight is 332 g/mol. The molecule has 4 atom stereocenters. The highest BCUT2D eigenvalue weighted by molar-refractivity contribution is 5.87. The van der Waals surface area contributed by atoms with Crippen molar-refractivity contribution in [1.82, 2.24) is 0 Å². The quantitative estimate of drug-likeness (QED) is 0.596. The Hall–Kier alpha value is -1.65. The Bertz CT molecular complexity index is 564. The summed E-state index contributed by atoms with van der Waals surface area (Å²) >= 11 is 0. The van der Waals surface area contributed by atoms with Crippen LogP contribution in [0.4, 0.5) is 0 Å². The summed E-state index contributed by atoms with van der Waals surface area (Å²) in [6, 6.07) is 9.91. The van der Waals surface area contributed by atoms with Crippen LogP contribution in [-0.2, 0) is 19.0 Å². The first-order chi connectivity index (χ1) is 11.4. The van der Waals surface area contributed by atoms with Crippen molar-refractivity contribution in [2.45, 2.75) is 53.1 Å². The molecule has 1 heterocycles. The first kappa shape index (κ1) is 18.7. The van der Waals surface area contributed by atoms with Crippen molar-refractivity contribution in [2.24, 2.45) is 11.8 Å². The minimum absolute atomic E-state index is 0.0557. The predicted molar refractivity (Wildman–Crippen MR) is 93.3 cm³/mol. The second-order valence-corrected chi connectivity index (χ2v) is 6.62. The predicted octanol–water partition coefficient (Wildman–Crippen LogP) is 4.27. The molecule has 1 saturated heterocycles. The van der Waals surface area contributed by atoms with Gasteiger partial charge in [0.1, 0.15) is 0 Å². The van der Waals surface area contributed by atoms with Crippen LogP contribution >= 0.6 is 0 Å². The van der Waals surface area contributed by atoms with Crippen LogP contribution < -0.4 is 0 Å². The molecule has 0 amide bonds. The molecule has 1 aliphatic rings. The van der Waals surface area contributed by atoms with Crippen molar-refractivity contribution in [2.75, 3.05) is 6.61 Å². The summed E-state index contributed by atoms with van der Waals surface area (Å²) in [5.74, 6) is 0.209. The van der Waals surface area contributed by atoms with Crippen molar-refractivity contribution in [3.63, 3.8) is 0 Å². The minimum Gasteiger partial charge on any atom is -0.463 e. The van der Waals surface area contributed by atoms with Gasteiger partial charge in [-0.25, -0.2) is 4.79 Å². The molecule has 0 aliphatic carbocycles. The lowest BCUT2D eigenvalue weighted by atomic mass is 9.88. The fraction of sp³-hybridized carbons (Fsp3) is 0.550. The van der Waals surface area contributed by atoms with Gasteiger partial charge in [-0.05, 0) is 25.8 Å². The standard InChI is InChI=1S/C20H28O4/c1-6-22-19(21)14(4)12-17-15(5)18(13(2)3)24-20(23-17)16-10-8-7-9-11-16/h7-13,15,17-18,20H,6H2,1-5H3/b14-12+/t15-,17-,18+,20-/m1/s1. The Kier molecular flexibility index (Phi) is 6.58. The molecule has 4 heteroatoms. The van der Waals surface area contributed by atoms with Crippen LogP contribution in [0.25, 0.3) is 0 Å². The molecule has 0 N–H and O–H groups in total. The first-order valence-corrected chi connectivity index (χ1v) is 8.65. The number of carbonyl (C=O) groups excluding carboxylic acids is 1. The van der Waals surface area contributed by atoms with Gasteiger partial charge in [0.15, 0.2) is 6.29 Å². The summed E-state index contributed by atoms with van der Waals surface area (Å²) in [6.45, 7) is 10.3. The highest BCUT2D eigenvalue weighted by Gasteiger charge is 2.38. The Labute approximate surface area is 144 Å². The van der Waals surface area contributed by atoms with Crippen LogP contribution in [0.15, 0.2) is 42.0 Å². The molecule has 0 aromatic heterocycles. The van der Waals surface area contributed by atoms with Gasteiger partial charge in [-0.3, -0.25) is 0 Å². The lowest BCUT2D eigenvalue weighted by Gasteiger charge is -2.41. The summed E-state index contributed by atoms with van der Waals surface area (Å²) in [4.78, 5) is 11.9. The molecule has 0 saturated carbocycles. The molecule has 0 bridgehead atoms. The average Bonchev–Trinajstić information content (AvgIpc) is 2.57. The third kappa shape index (κ3) is 4.46. The van der Waals surface area contributed by atoms with Crippen LogP contribution in [0.1, 0.15) is 46.5 Å². The molecular formula is C20H28O4. The molecular weight excluding hydrogens is 304 g/mol. The number of benzene rings is 1. The summed E-state index contributed by atoms with van der Waals surface area (Å²) < 4.78 is 17.4. The van der Waals surface area contributed by atoms with Crippen molar-refractivity contribution in [1.29, 1.82) is 0 Å². The molecule has 132 valence electrons. The van der Waals surface area contributed by atoms with Crippen LogP contribution in [-0.4, -0.2) is 24.8 Å². The Morgan fingerprint density at radius 2 is 1.92 bits per heavy atom. The van der Waals surface area contributed by atoms with Gasteiger partial charge in [0, 0.05) is 17.1 Å². The molecule has 0 unspecified atom stereocenters. The maximum absolute atomic E-state index is 11.9. The van der Waals surface area contributed by atoms with Gasteiger partial charge in [0.25, 0.3) is 0 Å². The zero-order valence-electron chi connectivity index (χ0n) is 15.2. The van der Waals surface area contributed by atoms with Gasteiger partial charge in [-0.2, -0.15) is 0 Å². The van der Waals surface area contributed by atoms with Crippen molar-refractivity contribution >= 4 is 5.97 Å². The second-order valence-electron chi connectivity index (χ2n) is 6.62. The summed E-state index contributed by atoms with van der Waals surface area (Å²) in [5, 5.41) is 0. The number of hydrogen-bond acceptors (Lipinski definition) is 4. The van der Waals surface area contributed by atoms with Crippen LogP contribution in [0.3, 0.4) is 0 Å². The van der Waals surface area contributed by atoms with Crippen molar-refractivity contribution < 1.29 is 19.0 Å². The topological polar surface area (TPSA) is 44.8 Å². The third-order valence-corrected chi connectivity index (χ3v) is 4.34. The van der Waals surface area contributed by atoms with Crippen LogP contribution in [0.2, 0.25) is 0 Å². The molecule has 1 aromatic carbocycles. The largest absolute Gasteiger partial charge is 0.463 e. The van der Waals surface area contributed by atoms with E-state index >= 15 is 0 Å². The molecule has 4 nitrogen and oxygen atoms in total. The van der Waals surface area contributed by atoms with E-state index in [0.29, 0.717) is 18.1 Å². The molecule has 2 rings (SSSR count). The van der Waals surface area contributed by atoms with E-state index in [1.54, 1.807) is 13.8 Å². The van der Waals surface area contributed by atoms with Gasteiger partial charge < -0.3 is 14.2 Å². The molecule has 0 radical (unpaired) electrons. The van der Waals surface area contributed by atoms with Crippen LogP contribution in [0.5, 0.6) is 0 Å². The van der Waals surface area contributed by atoms with Crippen molar-refractivity contribution in [3.8, 4) is 0 Å². The molecule has 1 fully saturated rings. The number of carbonyl (C=O) groups is 1. The highest BCUT2D eigenvalue weighted by Crippen LogP contribution is 2.37. The number of ether oxygens (including phenoxy) is 3. The van der Waals surface area contributed by atoms with Gasteiger partial charge in [0.05, 0.1) is 18.8 Å². The van der Waals surface area contributed by atoms with E-state index in [9.17, 15) is 4.79 Å². The smallest absolute Gasteiger partial charge is 0.333 e. The fourth-order valence-corrected chi connectivity index (χ4v) is 3.03. The molecule has 1 aliphatic heterocycles. The minimum atomic E-state index is -0.425. The normalized spacial score (nSPS) is 28.0. The van der Waals surface area contributed by atoms with E-state index in [0.717, 1.165) is 5.56 Å². The van der Waals surface area contributed by atoms with Gasteiger partial charge in [0.2, 0.25) is 0 Å². The molecule has 0 spiro atoms. The highest BCUT2D eigenvalue weighted by atomic mass is 16.7. The van der Waals surface area contributed by atoms with Gasteiger partial charge >= 0.3 is 5.97 Å². The molecule has 24 heavy (non-hydrogen) atoms. The Morgan fingerprint density at radius 3 is 2.50 bits per heavy atom. The molecule has 1 aromatic rings. The Balaban J connectivity index is 2.24. The number of esters is 1. The first-order valence-electron chi connectivity index (χ1n) is 8.65. The summed E-state index contributed by atoms with van der Waals surface area (Å²) in [5.41, 5.74) is 1.56. The maximum atomic E-state index is 11.9. The lowest BCUT2D eigenvalue weighted by Crippen LogP contribution is -2.43. The number of rotatable bonds is 5. The van der Waals surface area contributed by atoms with Crippen molar-refractivity contribution in [3.05, 3.63) is 47.5 Å². The van der Waals surface area contributed by atoms with E-state index in [1.165, 1.54) is 0 Å². The van der Waals surface area contributed by atoms with Gasteiger partial charge in [-0.1, -0.05) is 51.1 Å². The fourth-order valence-electron chi connectivity index (χ4n) is 3.03. The van der Waals surface area contributed by atoms with Gasteiger partial charge in [-0.15, -0.1) is 0 Å². The van der Waals surface area contributed by atoms with E-state index in [4.69, 9.17) is 14.2 Å². The monoisotopic (exact) mass is 332 g/mol.